The van der Waals surface area contributed by atoms with Gasteiger partial charge in [-0.3, -0.25) is 9.69 Å². The molecule has 148 valence electrons. The summed E-state index contributed by atoms with van der Waals surface area (Å²) in [5.74, 6) is 0.755. The van der Waals surface area contributed by atoms with Crippen LogP contribution in [0.15, 0.2) is 58.8 Å². The molecule has 6 heteroatoms. The number of fused-ring (bicyclic) bond motifs is 1. The number of aromatic amines is 1. The standard InChI is InChI=1S/C23H24N4OS/c1-15(27-13-7-11-19(27)18-10-6-12-26(18)2)21-24-22(28)20-17(14-29-23(20)25-21)16-8-4-3-5-9-16/h3-6,8-10,12,14-15,19H,7,11,13H2,1-2H3,(H,24,25,28). The van der Waals surface area contributed by atoms with Gasteiger partial charge in [-0.2, -0.15) is 0 Å². The Hall–Kier alpha value is -2.70. The van der Waals surface area contributed by atoms with E-state index in [1.807, 2.05) is 35.7 Å². The predicted molar refractivity (Wildman–Crippen MR) is 118 cm³/mol. The lowest BCUT2D eigenvalue weighted by Gasteiger charge is -2.30. The lowest BCUT2D eigenvalue weighted by atomic mass is 10.1. The quantitative estimate of drug-likeness (QED) is 0.527. The van der Waals surface area contributed by atoms with Gasteiger partial charge in [0.15, 0.2) is 0 Å². The lowest BCUT2D eigenvalue weighted by molar-refractivity contribution is 0.181. The molecule has 2 atom stereocenters. The average Bonchev–Trinajstić information content (AvgIpc) is 3.47. The van der Waals surface area contributed by atoms with Crippen LogP contribution < -0.4 is 5.56 Å². The van der Waals surface area contributed by atoms with E-state index in [9.17, 15) is 4.79 Å². The molecule has 0 spiro atoms. The first-order valence-electron chi connectivity index (χ1n) is 10.1. The number of rotatable bonds is 4. The van der Waals surface area contributed by atoms with Crippen molar-refractivity contribution >= 4 is 21.6 Å². The average molecular weight is 405 g/mol. The summed E-state index contributed by atoms with van der Waals surface area (Å²) in [5, 5.41) is 2.73. The fourth-order valence-electron chi connectivity index (χ4n) is 4.54. The van der Waals surface area contributed by atoms with Crippen molar-refractivity contribution in [1.82, 2.24) is 19.4 Å². The van der Waals surface area contributed by atoms with Crippen LogP contribution in [-0.2, 0) is 7.05 Å². The highest BCUT2D eigenvalue weighted by atomic mass is 32.1. The maximum atomic E-state index is 13.0. The zero-order valence-corrected chi connectivity index (χ0v) is 17.4. The van der Waals surface area contributed by atoms with Crippen molar-refractivity contribution in [2.24, 2.45) is 7.05 Å². The minimum atomic E-state index is -0.0495. The molecule has 4 aromatic rings. The van der Waals surface area contributed by atoms with E-state index in [0.717, 1.165) is 41.2 Å². The summed E-state index contributed by atoms with van der Waals surface area (Å²) < 4.78 is 2.19. The first kappa shape index (κ1) is 18.3. The number of thiophene rings is 1. The van der Waals surface area contributed by atoms with Crippen molar-refractivity contribution in [3.8, 4) is 11.1 Å². The molecule has 2 unspecified atom stereocenters. The van der Waals surface area contributed by atoms with Crippen molar-refractivity contribution in [3.63, 3.8) is 0 Å². The van der Waals surface area contributed by atoms with Crippen molar-refractivity contribution in [1.29, 1.82) is 0 Å². The molecule has 0 amide bonds. The Morgan fingerprint density at radius 3 is 2.79 bits per heavy atom. The van der Waals surface area contributed by atoms with Gasteiger partial charge in [0, 0.05) is 29.9 Å². The smallest absolute Gasteiger partial charge is 0.260 e. The maximum Gasteiger partial charge on any atom is 0.260 e. The highest BCUT2D eigenvalue weighted by Crippen LogP contribution is 2.38. The molecule has 3 aromatic heterocycles. The van der Waals surface area contributed by atoms with Gasteiger partial charge in [-0.05, 0) is 44.0 Å². The number of benzene rings is 1. The summed E-state index contributed by atoms with van der Waals surface area (Å²) in [6.45, 7) is 3.16. The highest BCUT2D eigenvalue weighted by Gasteiger charge is 2.33. The summed E-state index contributed by atoms with van der Waals surface area (Å²) >= 11 is 1.54. The Labute approximate surface area is 173 Å². The van der Waals surface area contributed by atoms with Gasteiger partial charge in [-0.1, -0.05) is 30.3 Å². The van der Waals surface area contributed by atoms with Crippen molar-refractivity contribution in [2.75, 3.05) is 6.54 Å². The summed E-state index contributed by atoms with van der Waals surface area (Å²) in [7, 11) is 2.10. The largest absolute Gasteiger partial charge is 0.353 e. The van der Waals surface area contributed by atoms with Gasteiger partial charge in [-0.25, -0.2) is 4.98 Å². The molecule has 0 radical (unpaired) electrons. The molecular formula is C23H24N4OS. The van der Waals surface area contributed by atoms with E-state index in [-0.39, 0.29) is 11.6 Å². The molecule has 1 fully saturated rings. The summed E-state index contributed by atoms with van der Waals surface area (Å²) in [4.78, 5) is 24.3. The van der Waals surface area contributed by atoms with Crippen molar-refractivity contribution in [2.45, 2.75) is 31.8 Å². The fraction of sp³-hybridized carbons (Fsp3) is 0.304. The fourth-order valence-corrected chi connectivity index (χ4v) is 5.50. The van der Waals surface area contributed by atoms with Crippen LogP contribution >= 0.6 is 11.3 Å². The van der Waals surface area contributed by atoms with E-state index in [0.29, 0.717) is 11.4 Å². The van der Waals surface area contributed by atoms with Crippen LogP contribution in [0.4, 0.5) is 0 Å². The second-order valence-corrected chi connectivity index (χ2v) is 8.62. The van der Waals surface area contributed by atoms with Gasteiger partial charge < -0.3 is 9.55 Å². The molecule has 0 saturated carbocycles. The van der Waals surface area contributed by atoms with Crippen molar-refractivity contribution in [3.05, 3.63) is 75.9 Å². The number of hydrogen-bond donors (Lipinski definition) is 1. The zero-order chi connectivity index (χ0) is 20.0. The van der Waals surface area contributed by atoms with E-state index in [1.165, 1.54) is 5.69 Å². The third kappa shape index (κ3) is 3.12. The normalized spacial score (nSPS) is 18.5. The third-order valence-corrected chi connectivity index (χ3v) is 6.93. The molecule has 1 N–H and O–H groups in total. The molecule has 1 aliphatic rings. The summed E-state index contributed by atoms with van der Waals surface area (Å²) in [6.07, 6.45) is 4.38. The van der Waals surface area contributed by atoms with Gasteiger partial charge in [0.2, 0.25) is 0 Å². The van der Waals surface area contributed by atoms with Crippen molar-refractivity contribution < 1.29 is 0 Å². The zero-order valence-electron chi connectivity index (χ0n) is 16.6. The topological polar surface area (TPSA) is 53.9 Å². The van der Waals surface area contributed by atoms with Crippen LogP contribution in [0.2, 0.25) is 0 Å². The third-order valence-electron chi connectivity index (χ3n) is 6.06. The molecule has 5 rings (SSSR count). The number of aromatic nitrogens is 3. The van der Waals surface area contributed by atoms with Crippen LogP contribution in [0.5, 0.6) is 0 Å². The van der Waals surface area contributed by atoms with Crippen LogP contribution in [0, 0.1) is 0 Å². The second-order valence-electron chi connectivity index (χ2n) is 7.76. The Kier molecular flexibility index (Phi) is 4.60. The van der Waals surface area contributed by atoms with E-state index >= 15 is 0 Å². The minimum Gasteiger partial charge on any atom is -0.353 e. The van der Waals surface area contributed by atoms with Crippen LogP contribution in [0.3, 0.4) is 0 Å². The van der Waals surface area contributed by atoms with Gasteiger partial charge in [0.25, 0.3) is 5.56 Å². The molecule has 0 bridgehead atoms. The van der Waals surface area contributed by atoms with E-state index in [4.69, 9.17) is 4.98 Å². The molecule has 5 nitrogen and oxygen atoms in total. The highest BCUT2D eigenvalue weighted by molar-refractivity contribution is 7.17. The van der Waals surface area contributed by atoms with E-state index in [2.05, 4.69) is 46.8 Å². The number of H-pyrrole nitrogens is 1. The van der Waals surface area contributed by atoms with Crippen LogP contribution in [0.25, 0.3) is 21.3 Å². The Bertz CT molecular complexity index is 1210. The predicted octanol–water partition coefficient (Wildman–Crippen LogP) is 4.89. The number of aryl methyl sites for hydroxylation is 1. The summed E-state index contributed by atoms with van der Waals surface area (Å²) in [5.41, 5.74) is 3.28. The Morgan fingerprint density at radius 1 is 1.21 bits per heavy atom. The molecule has 1 aliphatic heterocycles. The van der Waals surface area contributed by atoms with E-state index < -0.39 is 0 Å². The first-order valence-corrected chi connectivity index (χ1v) is 11.0. The maximum absolute atomic E-state index is 13.0. The van der Waals surface area contributed by atoms with Gasteiger partial charge >= 0.3 is 0 Å². The molecule has 4 heterocycles. The summed E-state index contributed by atoms with van der Waals surface area (Å²) in [6, 6.07) is 14.7. The monoisotopic (exact) mass is 404 g/mol. The van der Waals surface area contributed by atoms with Gasteiger partial charge in [0.05, 0.1) is 17.5 Å². The van der Waals surface area contributed by atoms with Gasteiger partial charge in [-0.15, -0.1) is 11.3 Å². The van der Waals surface area contributed by atoms with Crippen LogP contribution in [0.1, 0.15) is 43.4 Å². The Morgan fingerprint density at radius 2 is 2.03 bits per heavy atom. The lowest BCUT2D eigenvalue weighted by Crippen LogP contribution is -2.30. The van der Waals surface area contributed by atoms with Crippen LogP contribution in [-0.4, -0.2) is 26.0 Å². The molecule has 0 aliphatic carbocycles. The minimum absolute atomic E-state index is 0.0495. The molecule has 29 heavy (non-hydrogen) atoms. The molecule has 1 saturated heterocycles. The number of nitrogens with one attached hydrogen (secondary N) is 1. The van der Waals surface area contributed by atoms with E-state index in [1.54, 1.807) is 11.3 Å². The Balaban J connectivity index is 1.52. The number of likely N-dealkylation sites (tertiary alicyclic amines) is 1. The molecule has 1 aromatic carbocycles. The second kappa shape index (κ2) is 7.28. The van der Waals surface area contributed by atoms with Gasteiger partial charge in [0.1, 0.15) is 10.7 Å². The number of nitrogens with zero attached hydrogens (tertiary/aromatic N) is 3. The number of hydrogen-bond acceptors (Lipinski definition) is 4. The first-order chi connectivity index (χ1) is 14.1. The SMILES string of the molecule is CC(c1nc2scc(-c3ccccc3)c2c(=O)[nH]1)N1CCCC1c1cccn1C. The molecular weight excluding hydrogens is 380 g/mol.